The first kappa shape index (κ1) is 19.5. The van der Waals surface area contributed by atoms with Gasteiger partial charge in [-0.2, -0.15) is 13.2 Å². The molecule has 4 nitrogen and oxygen atoms in total. The highest BCUT2D eigenvalue weighted by atomic mass is 79.9. The number of benzene rings is 2. The van der Waals surface area contributed by atoms with Crippen LogP contribution < -0.4 is 10.1 Å². The molecule has 0 atom stereocenters. The van der Waals surface area contributed by atoms with Crippen molar-refractivity contribution in [1.82, 2.24) is 5.32 Å². The first-order chi connectivity index (χ1) is 12.8. The van der Waals surface area contributed by atoms with Gasteiger partial charge in [-0.3, -0.25) is 4.79 Å². The lowest BCUT2D eigenvalue weighted by atomic mass is 10.2. The van der Waals surface area contributed by atoms with Crippen molar-refractivity contribution >= 4 is 50.5 Å². The number of hydrogen-bond acceptors (Lipinski definition) is 4. The topological polar surface area (TPSA) is 50.7 Å². The monoisotopic (exact) mass is 456 g/mol. The van der Waals surface area contributed by atoms with Crippen molar-refractivity contribution in [2.75, 3.05) is 7.11 Å². The zero-order valence-electron chi connectivity index (χ0n) is 13.8. The van der Waals surface area contributed by atoms with Gasteiger partial charge in [-0.25, -0.2) is 4.99 Å². The number of hydrogen-bond donors (Lipinski definition) is 1. The molecule has 9 heteroatoms. The van der Waals surface area contributed by atoms with Gasteiger partial charge in [0, 0.05) is 4.47 Å². The lowest BCUT2D eigenvalue weighted by Gasteiger charge is -2.06. The van der Waals surface area contributed by atoms with Crippen molar-refractivity contribution in [2.24, 2.45) is 4.99 Å². The fraction of sp³-hybridized carbons (Fsp3) is 0.111. The Hall–Kier alpha value is -2.26. The van der Waals surface area contributed by atoms with Crippen LogP contribution >= 0.6 is 27.7 Å². The van der Waals surface area contributed by atoms with E-state index >= 15 is 0 Å². The van der Waals surface area contributed by atoms with Gasteiger partial charge >= 0.3 is 6.18 Å². The van der Waals surface area contributed by atoms with Crippen LogP contribution in [0.5, 0.6) is 5.75 Å². The number of amides is 1. The van der Waals surface area contributed by atoms with E-state index in [1.807, 2.05) is 0 Å². The summed E-state index contributed by atoms with van der Waals surface area (Å²) in [4.78, 5) is 16.6. The number of amidine groups is 1. The van der Waals surface area contributed by atoms with E-state index in [2.05, 4.69) is 26.2 Å². The number of ether oxygens (including phenoxy) is 1. The normalized spacial score (nSPS) is 17.4. The molecule has 0 spiro atoms. The Labute approximate surface area is 165 Å². The van der Waals surface area contributed by atoms with Crippen LogP contribution in [0.2, 0.25) is 0 Å². The predicted octanol–water partition coefficient (Wildman–Crippen LogP) is 5.37. The molecule has 1 aliphatic heterocycles. The van der Waals surface area contributed by atoms with Crippen molar-refractivity contribution in [3.8, 4) is 5.75 Å². The van der Waals surface area contributed by atoms with E-state index in [-0.39, 0.29) is 16.8 Å². The molecule has 0 bridgehead atoms. The SMILES string of the molecule is COc1ccc(Br)c(C=C2SC(=Nc3cccc(C(F)(F)F)c3)NC2=O)c1. The molecule has 3 rings (SSSR count). The van der Waals surface area contributed by atoms with Crippen LogP contribution in [0, 0.1) is 0 Å². The molecule has 27 heavy (non-hydrogen) atoms. The minimum atomic E-state index is -4.45. The highest BCUT2D eigenvalue weighted by Crippen LogP contribution is 2.34. The molecular weight excluding hydrogens is 445 g/mol. The van der Waals surface area contributed by atoms with Crippen LogP contribution in [0.15, 0.2) is 56.8 Å². The van der Waals surface area contributed by atoms with Gasteiger partial charge in [-0.05, 0) is 59.8 Å². The van der Waals surface area contributed by atoms with Gasteiger partial charge in [0.15, 0.2) is 5.17 Å². The van der Waals surface area contributed by atoms with Crippen molar-refractivity contribution in [2.45, 2.75) is 6.18 Å². The summed E-state index contributed by atoms with van der Waals surface area (Å²) in [5.74, 6) is 0.256. The van der Waals surface area contributed by atoms with Gasteiger partial charge in [-0.1, -0.05) is 22.0 Å². The lowest BCUT2D eigenvalue weighted by molar-refractivity contribution is -0.137. The van der Waals surface area contributed by atoms with E-state index in [1.54, 1.807) is 24.3 Å². The largest absolute Gasteiger partial charge is 0.497 e. The summed E-state index contributed by atoms with van der Waals surface area (Å²) in [5.41, 5.74) is 0.0403. The molecule has 1 fully saturated rings. The van der Waals surface area contributed by atoms with Gasteiger partial charge in [0.2, 0.25) is 0 Å². The maximum Gasteiger partial charge on any atom is 0.416 e. The standard InChI is InChI=1S/C18H12BrF3N2O2S/c1-26-13-5-6-14(19)10(7-13)8-15-16(25)24-17(27-15)23-12-4-2-3-11(9-12)18(20,21)22/h2-9H,1H3,(H,23,24,25). The zero-order chi connectivity index (χ0) is 19.6. The number of rotatable bonds is 3. The molecule has 1 aliphatic rings. The molecule has 1 amide bonds. The van der Waals surface area contributed by atoms with E-state index < -0.39 is 11.7 Å². The fourth-order valence-electron chi connectivity index (χ4n) is 2.25. The number of methoxy groups -OCH3 is 1. The highest BCUT2D eigenvalue weighted by Gasteiger charge is 2.30. The Balaban J connectivity index is 1.87. The summed E-state index contributed by atoms with van der Waals surface area (Å²) in [5, 5.41) is 2.77. The second kappa shape index (κ2) is 7.77. The quantitative estimate of drug-likeness (QED) is 0.631. The van der Waals surface area contributed by atoms with Crippen LogP contribution in [-0.2, 0) is 11.0 Å². The number of thioether (sulfide) groups is 1. The van der Waals surface area contributed by atoms with E-state index in [9.17, 15) is 18.0 Å². The molecule has 1 heterocycles. The first-order valence-corrected chi connectivity index (χ1v) is 9.17. The molecule has 2 aromatic carbocycles. The Morgan fingerprint density at radius 2 is 2.00 bits per heavy atom. The third-order valence-corrected chi connectivity index (χ3v) is 5.18. The minimum absolute atomic E-state index is 0.108. The maximum absolute atomic E-state index is 12.8. The predicted molar refractivity (Wildman–Crippen MR) is 103 cm³/mol. The summed E-state index contributed by atoms with van der Waals surface area (Å²) in [6, 6.07) is 9.93. The smallest absolute Gasteiger partial charge is 0.416 e. The molecule has 1 saturated heterocycles. The van der Waals surface area contributed by atoms with Crippen LogP contribution in [-0.4, -0.2) is 18.2 Å². The van der Waals surface area contributed by atoms with Crippen molar-refractivity contribution < 1.29 is 22.7 Å². The Kier molecular flexibility index (Phi) is 5.61. The van der Waals surface area contributed by atoms with Crippen molar-refractivity contribution in [3.05, 3.63) is 63.0 Å². The van der Waals surface area contributed by atoms with Crippen molar-refractivity contribution in [3.63, 3.8) is 0 Å². The number of nitrogens with zero attached hydrogens (tertiary/aromatic N) is 1. The van der Waals surface area contributed by atoms with E-state index in [4.69, 9.17) is 4.74 Å². The molecule has 0 saturated carbocycles. The summed E-state index contributed by atoms with van der Waals surface area (Å²) in [7, 11) is 1.54. The molecule has 140 valence electrons. The molecule has 2 aromatic rings. The summed E-state index contributed by atoms with van der Waals surface area (Å²) < 4.78 is 44.3. The van der Waals surface area contributed by atoms with Crippen molar-refractivity contribution in [1.29, 1.82) is 0 Å². The number of nitrogens with one attached hydrogen (secondary N) is 1. The Morgan fingerprint density at radius 1 is 1.22 bits per heavy atom. The molecule has 0 aromatic heterocycles. The number of aliphatic imine (C=N–C) groups is 1. The van der Waals surface area contributed by atoms with Gasteiger partial charge in [0.05, 0.1) is 23.3 Å². The second-order valence-corrected chi connectivity index (χ2v) is 7.30. The fourth-order valence-corrected chi connectivity index (χ4v) is 3.44. The maximum atomic E-state index is 12.8. The Bertz CT molecular complexity index is 958. The van der Waals surface area contributed by atoms with E-state index in [0.717, 1.165) is 33.9 Å². The number of carbonyl (C=O) groups excluding carboxylic acids is 1. The van der Waals surface area contributed by atoms with Gasteiger partial charge in [0.1, 0.15) is 5.75 Å². The summed E-state index contributed by atoms with van der Waals surface area (Å²) in [6.07, 6.45) is -2.80. The molecule has 0 unspecified atom stereocenters. The first-order valence-electron chi connectivity index (χ1n) is 7.56. The third kappa shape index (κ3) is 4.72. The van der Waals surface area contributed by atoms with Gasteiger partial charge in [-0.15, -0.1) is 0 Å². The van der Waals surface area contributed by atoms with E-state index in [1.165, 1.54) is 19.2 Å². The second-order valence-electron chi connectivity index (χ2n) is 5.42. The number of carbonyl (C=O) groups is 1. The summed E-state index contributed by atoms with van der Waals surface area (Å²) in [6.45, 7) is 0. The Morgan fingerprint density at radius 3 is 2.70 bits per heavy atom. The average molecular weight is 457 g/mol. The zero-order valence-corrected chi connectivity index (χ0v) is 16.2. The van der Waals surface area contributed by atoms with Crippen LogP contribution in [0.1, 0.15) is 11.1 Å². The van der Waals surface area contributed by atoms with Gasteiger partial charge < -0.3 is 10.1 Å². The van der Waals surface area contributed by atoms with Crippen LogP contribution in [0.4, 0.5) is 18.9 Å². The molecule has 0 radical (unpaired) electrons. The van der Waals surface area contributed by atoms with Gasteiger partial charge in [0.25, 0.3) is 5.91 Å². The molecular formula is C18H12BrF3N2O2S. The average Bonchev–Trinajstić information content (AvgIpc) is 2.95. The van der Waals surface area contributed by atoms with E-state index in [0.29, 0.717) is 10.7 Å². The number of alkyl halides is 3. The van der Waals surface area contributed by atoms with Crippen LogP contribution in [0.3, 0.4) is 0 Å². The lowest BCUT2D eigenvalue weighted by Crippen LogP contribution is -2.19. The highest BCUT2D eigenvalue weighted by molar-refractivity contribution is 9.10. The summed E-state index contributed by atoms with van der Waals surface area (Å²) >= 11 is 4.46. The van der Waals surface area contributed by atoms with Crippen LogP contribution in [0.25, 0.3) is 6.08 Å². The minimum Gasteiger partial charge on any atom is -0.497 e. The number of halogens is 4. The molecule has 1 N–H and O–H groups in total. The molecule has 0 aliphatic carbocycles. The third-order valence-electron chi connectivity index (χ3n) is 3.54.